The van der Waals surface area contributed by atoms with E-state index in [0.29, 0.717) is 48.5 Å². The Hall–Kier alpha value is -6.94. The van der Waals surface area contributed by atoms with Gasteiger partial charge in [-0.1, -0.05) is 69.2 Å². The van der Waals surface area contributed by atoms with Crippen LogP contribution in [0, 0.1) is 27.7 Å². The number of hydrogen-bond donors (Lipinski definition) is 4. The van der Waals surface area contributed by atoms with Crippen molar-refractivity contribution >= 4 is 45.6 Å². The molecular weight excluding hydrogens is 961 g/mol. The second kappa shape index (κ2) is 20.7. The van der Waals surface area contributed by atoms with E-state index >= 15 is 9.59 Å². The molecule has 78 heavy (non-hydrogen) atoms. The molecule has 10 nitrogen and oxygen atoms in total. The lowest BCUT2D eigenvalue weighted by molar-refractivity contribution is 0.105. The molecule has 4 aromatic rings. The van der Waals surface area contributed by atoms with Crippen molar-refractivity contribution in [2.45, 2.75) is 201 Å². The van der Waals surface area contributed by atoms with Crippen molar-refractivity contribution in [2.75, 3.05) is 0 Å². The lowest BCUT2D eigenvalue weighted by atomic mass is 9.76. The zero-order chi connectivity index (χ0) is 56.1. The molecule has 0 radical (unpaired) electrons. The zero-order valence-electron chi connectivity index (χ0n) is 50.0. The van der Waals surface area contributed by atoms with E-state index in [0.717, 1.165) is 151 Å². The molecule has 406 valence electrons. The molecule has 0 fully saturated rings. The summed E-state index contributed by atoms with van der Waals surface area (Å²) >= 11 is 0. The Labute approximate surface area is 463 Å². The number of aromatic nitrogens is 4. The molecular formula is C68H82N8O2. The van der Waals surface area contributed by atoms with Crippen molar-refractivity contribution in [3.05, 3.63) is 170 Å². The number of fused-ring (bicyclic) bond motifs is 12. The minimum Gasteiger partial charge on any atom is -0.358 e. The van der Waals surface area contributed by atoms with Gasteiger partial charge in [-0.05, 0) is 221 Å². The second-order valence-electron chi connectivity index (χ2n) is 22.3. The number of nitrogens with zero attached hydrogens (tertiary/aromatic N) is 4. The van der Waals surface area contributed by atoms with Crippen molar-refractivity contribution in [3.63, 3.8) is 0 Å². The molecule has 2 atom stereocenters. The van der Waals surface area contributed by atoms with Crippen LogP contribution in [0.4, 0.5) is 0 Å². The van der Waals surface area contributed by atoms with Gasteiger partial charge in [-0.25, -0.2) is 20.0 Å². The van der Waals surface area contributed by atoms with Crippen LogP contribution in [0.5, 0.6) is 0 Å². The first-order chi connectivity index (χ1) is 37.4. The molecule has 0 aromatic carbocycles. The van der Waals surface area contributed by atoms with Gasteiger partial charge in [0.25, 0.3) is 0 Å². The minimum atomic E-state index is -0.432. The smallest absolute Gasteiger partial charge is 0.228 e. The topological polar surface area (TPSA) is 147 Å². The number of nitrogens with one attached hydrogen (secondary N) is 4. The molecule has 4 N–H and O–H groups in total. The average molecular weight is 1040 g/mol. The highest BCUT2D eigenvalue weighted by molar-refractivity contribution is 6.53. The van der Waals surface area contributed by atoms with Gasteiger partial charge in [0, 0.05) is 45.3 Å². The van der Waals surface area contributed by atoms with Crippen LogP contribution in [0.15, 0.2) is 99.5 Å². The number of rotatable bonds is 11. The summed E-state index contributed by atoms with van der Waals surface area (Å²) in [5, 5.41) is 0. The summed E-state index contributed by atoms with van der Waals surface area (Å²) < 4.78 is 0. The van der Waals surface area contributed by atoms with E-state index in [1.807, 2.05) is 0 Å². The monoisotopic (exact) mass is 1040 g/mol. The number of carbonyl (C=O) groups excluding carboxylic acids is 2. The maximum absolute atomic E-state index is 15.7. The fraction of sp³-hybridized carbons (Fsp3) is 0.441. The molecule has 4 aromatic heterocycles. The molecule has 6 aliphatic rings. The van der Waals surface area contributed by atoms with E-state index in [1.165, 1.54) is 55.7 Å². The quantitative estimate of drug-likeness (QED) is 0.118. The molecule has 0 aliphatic carbocycles. The first-order valence-corrected chi connectivity index (χ1v) is 29.4. The number of allylic oxidation sites excluding steroid dienone is 12. The summed E-state index contributed by atoms with van der Waals surface area (Å²) in [6, 6.07) is 0. The van der Waals surface area contributed by atoms with E-state index in [4.69, 9.17) is 20.0 Å². The van der Waals surface area contributed by atoms with Crippen LogP contribution in [0.2, 0.25) is 0 Å². The van der Waals surface area contributed by atoms with Crippen LogP contribution < -0.4 is 0 Å². The third kappa shape index (κ3) is 7.91. The van der Waals surface area contributed by atoms with Crippen LogP contribution >= 0.6 is 0 Å². The fourth-order valence-corrected chi connectivity index (χ4v) is 14.6. The van der Waals surface area contributed by atoms with Gasteiger partial charge in [-0.3, -0.25) is 9.59 Å². The van der Waals surface area contributed by atoms with Gasteiger partial charge in [-0.2, -0.15) is 0 Å². The number of H-pyrrole nitrogens is 4. The van der Waals surface area contributed by atoms with Gasteiger partial charge in [0.05, 0.1) is 57.4 Å². The molecule has 10 heteroatoms. The molecule has 10 rings (SSSR count). The molecule has 0 spiro atoms. The van der Waals surface area contributed by atoms with Gasteiger partial charge in [0.15, 0.2) is 0 Å². The van der Waals surface area contributed by atoms with E-state index in [-0.39, 0.29) is 11.6 Å². The summed E-state index contributed by atoms with van der Waals surface area (Å²) in [5.41, 5.74) is 33.9. The number of aromatic amines is 4. The summed E-state index contributed by atoms with van der Waals surface area (Å²) in [5.74, 6) is -1.05. The molecule has 0 saturated carbocycles. The van der Waals surface area contributed by atoms with Gasteiger partial charge in [0.2, 0.25) is 11.6 Å². The Balaban J connectivity index is 1.40. The summed E-state index contributed by atoms with van der Waals surface area (Å²) in [6.07, 6.45) is 11.5. The summed E-state index contributed by atoms with van der Waals surface area (Å²) in [4.78, 5) is 69.6. The summed E-state index contributed by atoms with van der Waals surface area (Å²) in [7, 11) is 0. The van der Waals surface area contributed by atoms with Gasteiger partial charge in [0.1, 0.15) is 11.4 Å². The highest BCUT2D eigenvalue weighted by Crippen LogP contribution is 2.52. The number of hydrogen-bond acceptors (Lipinski definition) is 6. The lowest BCUT2D eigenvalue weighted by Crippen LogP contribution is -2.21. The van der Waals surface area contributed by atoms with Crippen LogP contribution in [-0.4, -0.2) is 54.3 Å². The standard InChI is InChI=1S/C68H82N8O2/c1-19-39-33(13)55-47(27-9)57-35(15)43(23-5)61(73-57)53(59-37(17)45(25-7)65(75-59)67(77)63-41(21-3)31(11)49(69-63)29-51(39)71-55)54-60-38(18)46(26-8)66(76-60)68(78)64-42(22-4)32(12)50(70-64)30-52-40(20-2)34(14)56(72-52)48(28-10)58-36(16)44(24-6)62(54)74-58/h29-30,53-54,73-76H,19-28H2,1-18H3/b49-29-,50-30-,55-47-,56-48-. The van der Waals surface area contributed by atoms with E-state index in [1.54, 1.807) is 0 Å². The van der Waals surface area contributed by atoms with Gasteiger partial charge < -0.3 is 19.9 Å². The first kappa shape index (κ1) is 54.4. The van der Waals surface area contributed by atoms with Gasteiger partial charge >= 0.3 is 0 Å². The van der Waals surface area contributed by atoms with Gasteiger partial charge in [-0.15, -0.1) is 0 Å². The van der Waals surface area contributed by atoms with Crippen LogP contribution in [0.1, 0.15) is 247 Å². The maximum Gasteiger partial charge on any atom is 0.228 e. The Morgan fingerprint density at radius 1 is 0.346 bits per heavy atom. The molecule has 2 unspecified atom stereocenters. The van der Waals surface area contributed by atoms with Crippen molar-refractivity contribution in [1.29, 1.82) is 0 Å². The number of ketones is 2. The fourth-order valence-electron chi connectivity index (χ4n) is 14.6. The average Bonchev–Trinajstić information content (AvgIpc) is 4.43. The molecule has 10 heterocycles. The third-order valence-electron chi connectivity index (χ3n) is 18.8. The van der Waals surface area contributed by atoms with Crippen molar-refractivity contribution < 1.29 is 9.59 Å². The Morgan fingerprint density at radius 2 is 0.667 bits per heavy atom. The molecule has 6 aliphatic heterocycles. The van der Waals surface area contributed by atoms with E-state index in [2.05, 4.69) is 157 Å². The molecule has 0 amide bonds. The van der Waals surface area contributed by atoms with Crippen molar-refractivity contribution in [2.24, 2.45) is 20.0 Å². The highest BCUT2D eigenvalue weighted by atomic mass is 16.1. The highest BCUT2D eigenvalue weighted by Gasteiger charge is 2.43. The van der Waals surface area contributed by atoms with Crippen molar-refractivity contribution in [1.82, 2.24) is 19.9 Å². The zero-order valence-corrected chi connectivity index (χ0v) is 50.0. The molecule has 0 saturated heterocycles. The van der Waals surface area contributed by atoms with Crippen molar-refractivity contribution in [3.8, 4) is 0 Å². The van der Waals surface area contributed by atoms with E-state index < -0.39 is 11.8 Å². The summed E-state index contributed by atoms with van der Waals surface area (Å²) in [6.45, 7) is 39.7. The van der Waals surface area contributed by atoms with Crippen LogP contribution in [0.3, 0.4) is 0 Å². The number of Topliss-reactive ketones (excluding diaryl/α,β-unsaturated/α-hetero) is 2. The van der Waals surface area contributed by atoms with Crippen LogP contribution in [-0.2, 0) is 25.7 Å². The second-order valence-corrected chi connectivity index (χ2v) is 22.3. The SMILES string of the molecule is CCC1=C(C)/C2=C/C3=NC(=C(/CC)c4[nH]c(c(CC)c4C)C(C4c5[nH]c(c(CC)c5C)C(=O)C5=N/C(=C\C6=NC(=C(/CC)c7[nH]c4c(CC)c7C)/C(C)=C6CC)C(C)=C5CC)c4[nH]c(c(CC)c4C)C(=O)C1=N2)/C(C)=C3CC. The normalized spacial score (nSPS) is 22.8. The lowest BCUT2D eigenvalue weighted by Gasteiger charge is -2.29. The number of carbonyl (C=O) groups is 2. The predicted octanol–water partition coefficient (Wildman–Crippen LogP) is 16.6. The number of aliphatic imine (C=N–C) groups is 4. The molecule has 16 bridgehead atoms. The minimum absolute atomic E-state index is 0.0933. The first-order valence-electron chi connectivity index (χ1n) is 29.4. The largest absolute Gasteiger partial charge is 0.358 e. The third-order valence-corrected chi connectivity index (χ3v) is 18.8. The maximum atomic E-state index is 15.7. The Kier molecular flexibility index (Phi) is 14.4. The predicted molar refractivity (Wildman–Crippen MR) is 324 cm³/mol. The van der Waals surface area contributed by atoms with Crippen LogP contribution in [0.25, 0.3) is 11.1 Å². The van der Waals surface area contributed by atoms with E-state index in [9.17, 15) is 0 Å². The Morgan fingerprint density at radius 3 is 0.974 bits per heavy atom. The Bertz CT molecular complexity index is 3490.